The Morgan fingerprint density at radius 2 is 2.04 bits per heavy atom. The molecular formula is C17H18N2O4S. The Hall–Kier alpha value is -2.25. The van der Waals surface area contributed by atoms with Crippen LogP contribution in [0, 0.1) is 0 Å². The molecule has 1 aromatic carbocycles. The molecule has 0 fully saturated rings. The minimum atomic E-state index is -2.95. The maximum absolute atomic E-state index is 12.7. The van der Waals surface area contributed by atoms with Crippen molar-refractivity contribution >= 4 is 15.6 Å². The summed E-state index contributed by atoms with van der Waals surface area (Å²) in [6.07, 6.45) is 2.66. The number of carbonyl (C=O) groups is 1. The van der Waals surface area contributed by atoms with E-state index < -0.39 is 27.3 Å². The van der Waals surface area contributed by atoms with E-state index in [1.165, 1.54) is 12.3 Å². The molecule has 0 bridgehead atoms. The van der Waals surface area contributed by atoms with Gasteiger partial charge in [-0.1, -0.05) is 18.2 Å². The van der Waals surface area contributed by atoms with Gasteiger partial charge in [-0.2, -0.15) is 4.36 Å². The number of hydrogen-bond acceptors (Lipinski definition) is 4. The van der Waals surface area contributed by atoms with Crippen LogP contribution in [-0.4, -0.2) is 26.5 Å². The fourth-order valence-corrected chi connectivity index (χ4v) is 3.99. The van der Waals surface area contributed by atoms with Gasteiger partial charge in [0, 0.05) is 22.4 Å². The summed E-state index contributed by atoms with van der Waals surface area (Å²) in [6, 6.07) is 9.82. The minimum absolute atomic E-state index is 0.194. The molecule has 1 aliphatic rings. The average molecular weight is 346 g/mol. The molecule has 7 heteroatoms. The van der Waals surface area contributed by atoms with Gasteiger partial charge >= 0.3 is 0 Å². The first-order valence-electron chi connectivity index (χ1n) is 7.64. The number of benzene rings is 1. The maximum Gasteiger partial charge on any atom is 0.290 e. The smallest absolute Gasteiger partial charge is 0.290 e. The Kier molecular flexibility index (Phi) is 4.38. The van der Waals surface area contributed by atoms with Gasteiger partial charge in [0.2, 0.25) is 0 Å². The normalized spacial score (nSPS) is 19.2. The fraction of sp³-hybridized carbons (Fsp3) is 0.294. The molecule has 1 heterocycles. The summed E-state index contributed by atoms with van der Waals surface area (Å²) < 4.78 is 16.5. The number of hydrogen-bond donors (Lipinski definition) is 2. The lowest BCUT2D eigenvalue weighted by Gasteiger charge is -2.20. The number of nitrogens with one attached hydrogen (secondary N) is 1. The highest BCUT2D eigenvalue weighted by atomic mass is 32.2. The summed E-state index contributed by atoms with van der Waals surface area (Å²) in [5.74, 6) is -0.840. The van der Waals surface area contributed by atoms with Crippen LogP contribution in [0.3, 0.4) is 0 Å². The maximum atomic E-state index is 12.7. The Morgan fingerprint density at radius 3 is 2.75 bits per heavy atom. The summed E-state index contributed by atoms with van der Waals surface area (Å²) in [7, 11) is -2.95. The Morgan fingerprint density at radius 1 is 1.33 bits per heavy atom. The summed E-state index contributed by atoms with van der Waals surface area (Å²) in [4.78, 5) is 27.6. The van der Waals surface area contributed by atoms with Crippen molar-refractivity contribution in [2.24, 2.45) is 4.36 Å². The highest BCUT2D eigenvalue weighted by Crippen LogP contribution is 2.28. The second-order valence-corrected chi connectivity index (χ2v) is 8.13. The Bertz CT molecular complexity index is 956. The number of aliphatic hydroxyl groups is 1. The number of nitrogens with zero attached hydrogens (tertiary/aromatic N) is 1. The van der Waals surface area contributed by atoms with Crippen molar-refractivity contribution in [3.05, 3.63) is 63.6 Å². The van der Waals surface area contributed by atoms with Gasteiger partial charge in [0.1, 0.15) is 5.56 Å². The largest absolute Gasteiger partial charge is 0.388 e. The van der Waals surface area contributed by atoms with Gasteiger partial charge in [-0.05, 0) is 37.5 Å². The van der Waals surface area contributed by atoms with Crippen LogP contribution in [0.5, 0.6) is 0 Å². The van der Waals surface area contributed by atoms with Gasteiger partial charge in [-0.15, -0.1) is 0 Å². The van der Waals surface area contributed by atoms with E-state index in [-0.39, 0.29) is 5.56 Å². The van der Waals surface area contributed by atoms with Gasteiger partial charge in [0.25, 0.3) is 11.5 Å². The van der Waals surface area contributed by atoms with Gasteiger partial charge in [0.15, 0.2) is 0 Å². The molecule has 6 nitrogen and oxygen atoms in total. The first-order chi connectivity index (χ1) is 11.4. The van der Waals surface area contributed by atoms with E-state index in [0.717, 1.165) is 6.42 Å². The van der Waals surface area contributed by atoms with Crippen LogP contribution < -0.4 is 5.56 Å². The van der Waals surface area contributed by atoms with Gasteiger partial charge < -0.3 is 10.1 Å². The lowest BCUT2D eigenvalue weighted by atomic mass is 9.92. The van der Waals surface area contributed by atoms with Crippen LogP contribution in [0.1, 0.15) is 40.6 Å². The molecule has 126 valence electrons. The van der Waals surface area contributed by atoms with Crippen molar-refractivity contribution < 1.29 is 14.1 Å². The molecule has 24 heavy (non-hydrogen) atoms. The molecule has 2 aromatic rings. The van der Waals surface area contributed by atoms with Gasteiger partial charge in [-0.25, -0.2) is 4.21 Å². The van der Waals surface area contributed by atoms with E-state index in [0.29, 0.717) is 29.0 Å². The molecular weight excluding hydrogens is 328 g/mol. The van der Waals surface area contributed by atoms with Gasteiger partial charge in [0.05, 0.1) is 15.8 Å². The van der Waals surface area contributed by atoms with Gasteiger partial charge in [-0.3, -0.25) is 9.59 Å². The fourth-order valence-electron chi connectivity index (χ4n) is 2.81. The SMILES string of the molecule is CS(=O)(=NC(=O)c1cc2c([nH]c1=O)CCCC2O)c1ccccc1. The average Bonchev–Trinajstić information content (AvgIpc) is 2.55. The molecule has 0 radical (unpaired) electrons. The lowest BCUT2D eigenvalue weighted by Crippen LogP contribution is -2.23. The number of pyridine rings is 1. The van der Waals surface area contributed by atoms with Crippen LogP contribution in [0.4, 0.5) is 0 Å². The summed E-state index contributed by atoms with van der Waals surface area (Å²) in [6.45, 7) is 0. The van der Waals surface area contributed by atoms with Crippen molar-refractivity contribution in [2.75, 3.05) is 6.26 Å². The zero-order chi connectivity index (χ0) is 17.3. The third-order valence-corrected chi connectivity index (χ3v) is 5.75. The monoisotopic (exact) mass is 346 g/mol. The number of aryl methyl sites for hydroxylation is 1. The highest BCUT2D eigenvalue weighted by molar-refractivity contribution is 7.93. The van der Waals surface area contributed by atoms with E-state index >= 15 is 0 Å². The molecule has 1 amide bonds. The predicted molar refractivity (Wildman–Crippen MR) is 90.5 cm³/mol. The predicted octanol–water partition coefficient (Wildman–Crippen LogP) is 2.04. The number of aromatic nitrogens is 1. The van der Waals surface area contributed by atoms with E-state index in [4.69, 9.17) is 0 Å². The quantitative estimate of drug-likeness (QED) is 0.869. The topological polar surface area (TPSA) is 99.6 Å². The highest BCUT2D eigenvalue weighted by Gasteiger charge is 2.23. The van der Waals surface area contributed by atoms with Crippen LogP contribution in [0.2, 0.25) is 0 Å². The number of aliphatic hydroxyl groups excluding tert-OH is 1. The number of H-pyrrole nitrogens is 1. The number of carbonyl (C=O) groups excluding carboxylic acids is 1. The molecule has 2 atom stereocenters. The second-order valence-electron chi connectivity index (χ2n) is 5.87. The van der Waals surface area contributed by atoms with Crippen LogP contribution in [-0.2, 0) is 16.1 Å². The number of amides is 1. The second kappa shape index (κ2) is 6.33. The molecule has 2 unspecified atom stereocenters. The van der Waals surface area contributed by atoms with Crippen LogP contribution in [0.25, 0.3) is 0 Å². The summed E-state index contributed by atoms with van der Waals surface area (Å²) in [5.41, 5.74) is 0.428. The first kappa shape index (κ1) is 16.6. The van der Waals surface area contributed by atoms with Crippen LogP contribution >= 0.6 is 0 Å². The molecule has 3 rings (SSSR count). The number of aromatic amines is 1. The molecule has 1 aliphatic carbocycles. The van der Waals surface area contributed by atoms with Crippen molar-refractivity contribution in [1.29, 1.82) is 0 Å². The standard InChI is InChI=1S/C17H18N2O4S/c1-24(23,11-6-3-2-4-7-11)19-17(22)13-10-12-14(18-16(13)21)8-5-9-15(12)20/h2-4,6-7,10,15,20H,5,8-9H2,1H3,(H,18,21). The third kappa shape index (κ3) is 3.18. The lowest BCUT2D eigenvalue weighted by molar-refractivity contribution is 0.100. The van der Waals surface area contributed by atoms with E-state index in [2.05, 4.69) is 9.35 Å². The summed E-state index contributed by atoms with van der Waals surface area (Å²) >= 11 is 0. The van der Waals surface area contributed by atoms with Crippen molar-refractivity contribution in [3.8, 4) is 0 Å². The van der Waals surface area contributed by atoms with E-state index in [1.807, 2.05) is 0 Å². The minimum Gasteiger partial charge on any atom is -0.388 e. The molecule has 0 saturated heterocycles. The Balaban J connectivity index is 2.05. The first-order valence-corrected chi connectivity index (χ1v) is 9.56. The number of rotatable bonds is 2. The third-order valence-electron chi connectivity index (χ3n) is 4.09. The number of fused-ring (bicyclic) bond motifs is 1. The molecule has 0 spiro atoms. The van der Waals surface area contributed by atoms with Crippen molar-refractivity contribution in [1.82, 2.24) is 4.98 Å². The zero-order valence-corrected chi connectivity index (χ0v) is 14.0. The molecule has 0 aliphatic heterocycles. The van der Waals surface area contributed by atoms with Crippen LogP contribution in [0.15, 0.2) is 50.5 Å². The Labute approximate surface area is 139 Å². The summed E-state index contributed by atoms with van der Waals surface area (Å²) in [5, 5.41) is 10.0. The van der Waals surface area contributed by atoms with E-state index in [9.17, 15) is 18.9 Å². The molecule has 0 saturated carbocycles. The van der Waals surface area contributed by atoms with Crippen molar-refractivity contribution in [3.63, 3.8) is 0 Å². The molecule has 2 N–H and O–H groups in total. The van der Waals surface area contributed by atoms with E-state index in [1.54, 1.807) is 30.3 Å². The molecule has 1 aromatic heterocycles. The zero-order valence-electron chi connectivity index (χ0n) is 13.2. The van der Waals surface area contributed by atoms with Crippen molar-refractivity contribution in [2.45, 2.75) is 30.3 Å².